The van der Waals surface area contributed by atoms with E-state index in [0.29, 0.717) is 24.8 Å². The van der Waals surface area contributed by atoms with Gasteiger partial charge in [-0.25, -0.2) is 0 Å². The van der Waals surface area contributed by atoms with Gasteiger partial charge in [-0.3, -0.25) is 4.79 Å². The number of carbonyl (C=O) groups excluding carboxylic acids is 1. The number of aryl methyl sites for hydroxylation is 1. The van der Waals surface area contributed by atoms with E-state index in [1.165, 1.54) is 5.56 Å². The molecule has 1 N–H and O–H groups in total. The number of halogens is 1. The van der Waals surface area contributed by atoms with E-state index in [9.17, 15) is 4.79 Å². The smallest absolute Gasteiger partial charge is 0.220 e. The Hall–Kier alpha value is -1.02. The second-order valence-corrected chi connectivity index (χ2v) is 4.71. The van der Waals surface area contributed by atoms with Crippen LogP contribution < -0.4 is 5.32 Å². The molecule has 0 aliphatic carbocycles. The largest absolute Gasteiger partial charge is 0.356 e. The van der Waals surface area contributed by atoms with E-state index in [1.807, 2.05) is 25.1 Å². The molecule has 1 atom stereocenters. The maximum absolute atomic E-state index is 11.5. The third-order valence-corrected chi connectivity index (χ3v) is 3.15. The molecule has 0 spiro atoms. The van der Waals surface area contributed by atoms with Crippen molar-refractivity contribution in [2.75, 3.05) is 12.4 Å². The van der Waals surface area contributed by atoms with Crippen molar-refractivity contribution in [3.8, 4) is 0 Å². The minimum Gasteiger partial charge on any atom is -0.356 e. The first-order chi connectivity index (χ1) is 8.22. The summed E-state index contributed by atoms with van der Waals surface area (Å²) in [6.07, 6.45) is 2.44. The van der Waals surface area contributed by atoms with Crippen molar-refractivity contribution in [3.05, 3.63) is 35.9 Å². The Labute approximate surface area is 108 Å². The van der Waals surface area contributed by atoms with E-state index in [0.717, 1.165) is 12.8 Å². The summed E-state index contributed by atoms with van der Waals surface area (Å²) in [5.41, 5.74) is 1.29. The van der Waals surface area contributed by atoms with Crippen LogP contribution >= 0.6 is 11.6 Å². The molecule has 0 saturated heterocycles. The van der Waals surface area contributed by atoms with Gasteiger partial charge in [-0.15, -0.1) is 11.6 Å². The van der Waals surface area contributed by atoms with Gasteiger partial charge in [0, 0.05) is 18.8 Å². The van der Waals surface area contributed by atoms with Crippen molar-refractivity contribution in [1.29, 1.82) is 0 Å². The minimum absolute atomic E-state index is 0.123. The van der Waals surface area contributed by atoms with Crippen molar-refractivity contribution >= 4 is 17.5 Å². The van der Waals surface area contributed by atoms with Crippen molar-refractivity contribution in [2.24, 2.45) is 5.92 Å². The van der Waals surface area contributed by atoms with Gasteiger partial charge in [-0.2, -0.15) is 0 Å². The lowest BCUT2D eigenvalue weighted by atomic mass is 10.1. The predicted molar refractivity (Wildman–Crippen MR) is 72.3 cm³/mol. The maximum atomic E-state index is 11.5. The quantitative estimate of drug-likeness (QED) is 0.744. The van der Waals surface area contributed by atoms with Crippen LogP contribution in [0.25, 0.3) is 0 Å². The zero-order valence-electron chi connectivity index (χ0n) is 10.3. The summed E-state index contributed by atoms with van der Waals surface area (Å²) in [4.78, 5) is 11.5. The lowest BCUT2D eigenvalue weighted by Gasteiger charge is -2.09. The van der Waals surface area contributed by atoms with Crippen LogP contribution in [0.4, 0.5) is 0 Å². The number of benzene rings is 1. The van der Waals surface area contributed by atoms with E-state index in [2.05, 4.69) is 17.4 Å². The molecule has 3 heteroatoms. The summed E-state index contributed by atoms with van der Waals surface area (Å²) in [6.45, 7) is 2.70. The molecule has 0 saturated carbocycles. The first kappa shape index (κ1) is 14.0. The fraction of sp³-hybridized carbons (Fsp3) is 0.500. The van der Waals surface area contributed by atoms with Crippen molar-refractivity contribution in [1.82, 2.24) is 5.32 Å². The van der Waals surface area contributed by atoms with Crippen LogP contribution in [0.1, 0.15) is 25.3 Å². The van der Waals surface area contributed by atoms with Gasteiger partial charge >= 0.3 is 0 Å². The molecular formula is C14H20ClNO. The Bertz CT molecular complexity index is 326. The molecule has 0 heterocycles. The van der Waals surface area contributed by atoms with E-state index < -0.39 is 0 Å². The number of nitrogens with one attached hydrogen (secondary N) is 1. The van der Waals surface area contributed by atoms with E-state index in [4.69, 9.17) is 11.6 Å². The van der Waals surface area contributed by atoms with Crippen molar-refractivity contribution < 1.29 is 4.79 Å². The summed E-state index contributed by atoms with van der Waals surface area (Å²) >= 11 is 5.67. The number of amides is 1. The Morgan fingerprint density at radius 2 is 2.06 bits per heavy atom. The average molecular weight is 254 g/mol. The Kier molecular flexibility index (Phi) is 6.71. The Balaban J connectivity index is 2.12. The molecule has 1 unspecified atom stereocenters. The van der Waals surface area contributed by atoms with Crippen LogP contribution in [0.5, 0.6) is 0 Å². The highest BCUT2D eigenvalue weighted by molar-refractivity contribution is 6.18. The van der Waals surface area contributed by atoms with Crippen LogP contribution in [-0.2, 0) is 11.2 Å². The van der Waals surface area contributed by atoms with Crippen molar-refractivity contribution in [3.63, 3.8) is 0 Å². The summed E-state index contributed by atoms with van der Waals surface area (Å²) in [5.74, 6) is 1.05. The van der Waals surface area contributed by atoms with E-state index >= 15 is 0 Å². The SMILES string of the molecule is CC(CCl)CNC(=O)CCCc1ccccc1. The highest BCUT2D eigenvalue weighted by Gasteiger charge is 2.04. The normalized spacial score (nSPS) is 12.1. The average Bonchev–Trinajstić information content (AvgIpc) is 2.37. The van der Waals surface area contributed by atoms with Crippen LogP contribution in [0.2, 0.25) is 0 Å². The molecule has 17 heavy (non-hydrogen) atoms. The van der Waals surface area contributed by atoms with Gasteiger partial charge in [0.1, 0.15) is 0 Å². The van der Waals surface area contributed by atoms with E-state index in [-0.39, 0.29) is 5.91 Å². The van der Waals surface area contributed by atoms with Gasteiger partial charge in [-0.05, 0) is 24.3 Å². The maximum Gasteiger partial charge on any atom is 0.220 e. The lowest BCUT2D eigenvalue weighted by Crippen LogP contribution is -2.28. The highest BCUT2D eigenvalue weighted by atomic mass is 35.5. The topological polar surface area (TPSA) is 29.1 Å². The molecule has 0 aliphatic heterocycles. The standard InChI is InChI=1S/C14H20ClNO/c1-12(10-15)11-16-14(17)9-5-8-13-6-3-2-4-7-13/h2-4,6-7,12H,5,8-11H2,1H3,(H,16,17). The van der Waals surface area contributed by atoms with Gasteiger partial charge in [0.25, 0.3) is 0 Å². The van der Waals surface area contributed by atoms with Crippen LogP contribution in [0, 0.1) is 5.92 Å². The molecule has 1 amide bonds. The number of alkyl halides is 1. The second-order valence-electron chi connectivity index (χ2n) is 4.40. The fourth-order valence-electron chi connectivity index (χ4n) is 1.53. The summed E-state index contributed by atoms with van der Waals surface area (Å²) in [7, 11) is 0. The molecule has 0 aliphatic rings. The Morgan fingerprint density at radius 3 is 2.71 bits per heavy atom. The monoisotopic (exact) mass is 253 g/mol. The van der Waals surface area contributed by atoms with Gasteiger partial charge < -0.3 is 5.32 Å². The lowest BCUT2D eigenvalue weighted by molar-refractivity contribution is -0.121. The molecular weight excluding hydrogens is 234 g/mol. The zero-order valence-corrected chi connectivity index (χ0v) is 11.0. The molecule has 0 aromatic heterocycles. The molecule has 1 aromatic carbocycles. The molecule has 2 nitrogen and oxygen atoms in total. The minimum atomic E-state index is 0.123. The third kappa shape index (κ3) is 6.32. The Morgan fingerprint density at radius 1 is 1.35 bits per heavy atom. The second kappa shape index (κ2) is 8.13. The van der Waals surface area contributed by atoms with Gasteiger partial charge in [0.15, 0.2) is 0 Å². The molecule has 1 rings (SSSR count). The number of hydrogen-bond donors (Lipinski definition) is 1. The first-order valence-corrected chi connectivity index (χ1v) is 6.62. The summed E-state index contributed by atoms with van der Waals surface area (Å²) in [6, 6.07) is 10.2. The molecule has 1 aromatic rings. The van der Waals surface area contributed by atoms with Gasteiger partial charge in [0.05, 0.1) is 0 Å². The third-order valence-electron chi connectivity index (χ3n) is 2.62. The number of carbonyl (C=O) groups is 1. The van der Waals surface area contributed by atoms with Crippen LogP contribution in [0.3, 0.4) is 0 Å². The van der Waals surface area contributed by atoms with Crippen molar-refractivity contribution in [2.45, 2.75) is 26.2 Å². The molecule has 94 valence electrons. The van der Waals surface area contributed by atoms with Crippen LogP contribution in [0.15, 0.2) is 30.3 Å². The number of rotatable bonds is 7. The summed E-state index contributed by atoms with van der Waals surface area (Å²) in [5, 5.41) is 2.90. The molecule has 0 bridgehead atoms. The van der Waals surface area contributed by atoms with Gasteiger partial charge in [-0.1, -0.05) is 37.3 Å². The molecule has 0 fully saturated rings. The zero-order chi connectivity index (χ0) is 12.5. The predicted octanol–water partition coefficient (Wildman–Crippen LogP) is 3.00. The van der Waals surface area contributed by atoms with Crippen LogP contribution in [-0.4, -0.2) is 18.3 Å². The van der Waals surface area contributed by atoms with Gasteiger partial charge in [0.2, 0.25) is 5.91 Å². The first-order valence-electron chi connectivity index (χ1n) is 6.09. The summed E-state index contributed by atoms with van der Waals surface area (Å²) < 4.78 is 0. The highest BCUT2D eigenvalue weighted by Crippen LogP contribution is 2.04. The van der Waals surface area contributed by atoms with E-state index in [1.54, 1.807) is 0 Å². The fourth-order valence-corrected chi connectivity index (χ4v) is 1.64. The molecule has 0 radical (unpaired) electrons. The number of hydrogen-bond acceptors (Lipinski definition) is 1.